The first-order valence-electron chi connectivity index (χ1n) is 5.91. The van der Waals surface area contributed by atoms with E-state index in [9.17, 15) is 15.2 Å². The van der Waals surface area contributed by atoms with Crippen LogP contribution in [-0.2, 0) is 0 Å². The maximum atomic E-state index is 11.0. The third-order valence-electron chi connectivity index (χ3n) is 3.74. The van der Waals surface area contributed by atoms with Crippen molar-refractivity contribution >= 4 is 34.0 Å². The molecule has 0 bridgehead atoms. The molecule has 5 nitrogen and oxygen atoms in total. The first-order valence-corrected chi connectivity index (χ1v) is 6.99. The van der Waals surface area contributed by atoms with Crippen LogP contribution in [0.5, 0.6) is 0 Å². The van der Waals surface area contributed by atoms with E-state index in [4.69, 9.17) is 0 Å². The number of nitro groups is 1. The molecule has 1 N–H and O–H groups in total. The summed E-state index contributed by atoms with van der Waals surface area (Å²) in [5, 5.41) is 21.3. The molecule has 0 atom stereocenters. The van der Waals surface area contributed by atoms with Gasteiger partial charge >= 0.3 is 0 Å². The van der Waals surface area contributed by atoms with Crippen LogP contribution in [0.15, 0.2) is 18.2 Å². The maximum Gasteiger partial charge on any atom is 0.293 e. The van der Waals surface area contributed by atoms with Crippen molar-refractivity contribution in [2.24, 2.45) is 5.92 Å². The number of β-amino-alcohol motifs (C(OH)–C–C–N with tert-alkyl or cyclic N) is 1. The number of rotatable bonds is 3. The standard InChI is InChI=1S/C12H13IN2O3/c13-9-3-4-10(11(5-9)15(17)18)14-6-12(16,7-14)8-1-2-8/h3-5,8,16H,1-2,6-7H2. The number of nitro benzene ring substituents is 1. The zero-order valence-electron chi connectivity index (χ0n) is 9.67. The molecule has 6 heteroatoms. The molecule has 0 unspecified atom stereocenters. The lowest BCUT2D eigenvalue weighted by atomic mass is 9.88. The molecule has 2 aliphatic rings. The van der Waals surface area contributed by atoms with Gasteiger partial charge in [0, 0.05) is 22.7 Å². The lowest BCUT2D eigenvalue weighted by Gasteiger charge is -2.48. The second-order valence-corrected chi connectivity index (χ2v) is 6.37. The number of nitrogens with zero attached hydrogens (tertiary/aromatic N) is 2. The molecule has 1 aromatic carbocycles. The summed E-state index contributed by atoms with van der Waals surface area (Å²) < 4.78 is 0.848. The molecule has 0 radical (unpaired) electrons. The van der Waals surface area contributed by atoms with Gasteiger partial charge in [0.25, 0.3) is 5.69 Å². The molecule has 18 heavy (non-hydrogen) atoms. The molecule has 96 valence electrons. The molecule has 3 rings (SSSR count). The third-order valence-corrected chi connectivity index (χ3v) is 4.41. The van der Waals surface area contributed by atoms with E-state index >= 15 is 0 Å². The van der Waals surface area contributed by atoms with Gasteiger partial charge in [-0.25, -0.2) is 0 Å². The molecule has 0 spiro atoms. The van der Waals surface area contributed by atoms with Crippen molar-refractivity contribution in [2.45, 2.75) is 18.4 Å². The fourth-order valence-corrected chi connectivity index (χ4v) is 3.05. The monoisotopic (exact) mass is 360 g/mol. The minimum Gasteiger partial charge on any atom is -0.386 e. The smallest absolute Gasteiger partial charge is 0.293 e. The number of hydrogen-bond donors (Lipinski definition) is 1. The molecule has 1 aromatic rings. The van der Waals surface area contributed by atoms with E-state index in [-0.39, 0.29) is 10.6 Å². The van der Waals surface area contributed by atoms with Crippen LogP contribution in [0, 0.1) is 19.6 Å². The number of benzene rings is 1. The first kappa shape index (κ1) is 12.2. The predicted molar refractivity (Wildman–Crippen MR) is 75.7 cm³/mol. The Morgan fingerprint density at radius 2 is 2.11 bits per heavy atom. The molecule has 1 heterocycles. The molecule has 0 aromatic heterocycles. The Morgan fingerprint density at radius 3 is 2.67 bits per heavy atom. The van der Waals surface area contributed by atoms with Gasteiger partial charge in [-0.3, -0.25) is 10.1 Å². The Bertz CT molecular complexity index is 510. The Hall–Kier alpha value is -0.890. The summed E-state index contributed by atoms with van der Waals surface area (Å²) in [5.41, 5.74) is 0.127. The quantitative estimate of drug-likeness (QED) is 0.510. The Kier molecular flexibility index (Phi) is 2.74. The highest BCUT2D eigenvalue weighted by Crippen LogP contribution is 2.47. The number of anilines is 1. The highest BCUT2D eigenvalue weighted by Gasteiger charge is 2.52. The summed E-state index contributed by atoms with van der Waals surface area (Å²) >= 11 is 2.06. The van der Waals surface area contributed by atoms with E-state index in [1.165, 1.54) is 0 Å². The van der Waals surface area contributed by atoms with Gasteiger partial charge in [-0.05, 0) is 53.5 Å². The van der Waals surface area contributed by atoms with Gasteiger partial charge in [0.1, 0.15) is 11.3 Å². The van der Waals surface area contributed by atoms with E-state index in [0.29, 0.717) is 24.7 Å². The molecule has 1 saturated heterocycles. The molecule has 1 aliphatic heterocycles. The minimum atomic E-state index is -0.614. The number of aliphatic hydroxyl groups is 1. The van der Waals surface area contributed by atoms with Crippen LogP contribution in [0.1, 0.15) is 12.8 Å². The van der Waals surface area contributed by atoms with Crippen LogP contribution in [0.2, 0.25) is 0 Å². The zero-order valence-corrected chi connectivity index (χ0v) is 11.8. The summed E-state index contributed by atoms with van der Waals surface area (Å²) in [6.45, 7) is 1.03. The normalized spacial score (nSPS) is 21.6. The van der Waals surface area contributed by atoms with Crippen LogP contribution in [0.25, 0.3) is 0 Å². The second-order valence-electron chi connectivity index (χ2n) is 5.12. The zero-order chi connectivity index (χ0) is 12.9. The van der Waals surface area contributed by atoms with Gasteiger partial charge in [-0.2, -0.15) is 0 Å². The predicted octanol–water partition coefficient (Wildman–Crippen LogP) is 2.16. The largest absolute Gasteiger partial charge is 0.386 e. The van der Waals surface area contributed by atoms with Crippen LogP contribution in [0.4, 0.5) is 11.4 Å². The van der Waals surface area contributed by atoms with Gasteiger partial charge in [-0.1, -0.05) is 0 Å². The lowest BCUT2D eigenvalue weighted by Crippen LogP contribution is -2.63. The van der Waals surface area contributed by atoms with Crippen molar-refractivity contribution in [3.63, 3.8) is 0 Å². The van der Waals surface area contributed by atoms with Crippen molar-refractivity contribution in [3.8, 4) is 0 Å². The van der Waals surface area contributed by atoms with Gasteiger partial charge < -0.3 is 10.0 Å². The molecule has 0 amide bonds. The van der Waals surface area contributed by atoms with Gasteiger partial charge in [0.15, 0.2) is 0 Å². The van der Waals surface area contributed by atoms with Crippen LogP contribution in [-0.4, -0.2) is 28.7 Å². The number of hydrogen-bond acceptors (Lipinski definition) is 4. The fraction of sp³-hybridized carbons (Fsp3) is 0.500. The van der Waals surface area contributed by atoms with Gasteiger partial charge in [0.2, 0.25) is 0 Å². The van der Waals surface area contributed by atoms with E-state index in [0.717, 1.165) is 16.4 Å². The molecule has 1 saturated carbocycles. The van der Waals surface area contributed by atoms with Crippen LogP contribution >= 0.6 is 22.6 Å². The highest BCUT2D eigenvalue weighted by molar-refractivity contribution is 14.1. The Balaban J connectivity index is 1.83. The summed E-state index contributed by atoms with van der Waals surface area (Å²) in [4.78, 5) is 12.6. The van der Waals surface area contributed by atoms with E-state index in [2.05, 4.69) is 22.6 Å². The minimum absolute atomic E-state index is 0.125. The molecule has 2 fully saturated rings. The maximum absolute atomic E-state index is 11.0. The summed E-state index contributed by atoms with van der Waals surface area (Å²) in [7, 11) is 0. The summed E-state index contributed by atoms with van der Waals surface area (Å²) in [6, 6.07) is 5.20. The van der Waals surface area contributed by atoms with Crippen molar-refractivity contribution in [3.05, 3.63) is 31.9 Å². The number of halogens is 1. The fourth-order valence-electron chi connectivity index (χ4n) is 2.57. The van der Waals surface area contributed by atoms with Crippen LogP contribution in [0.3, 0.4) is 0 Å². The Labute approximate surface area is 118 Å². The topological polar surface area (TPSA) is 66.6 Å². The van der Waals surface area contributed by atoms with Gasteiger partial charge in [-0.15, -0.1) is 0 Å². The van der Waals surface area contributed by atoms with E-state index < -0.39 is 5.60 Å². The average molecular weight is 360 g/mol. The SMILES string of the molecule is O=[N+]([O-])c1cc(I)ccc1N1CC(O)(C2CC2)C1. The molecular formula is C12H13IN2O3. The Morgan fingerprint density at radius 1 is 1.44 bits per heavy atom. The molecular weight excluding hydrogens is 347 g/mol. The van der Waals surface area contributed by atoms with Crippen molar-refractivity contribution in [2.75, 3.05) is 18.0 Å². The van der Waals surface area contributed by atoms with E-state index in [1.807, 2.05) is 11.0 Å². The van der Waals surface area contributed by atoms with Crippen LogP contribution < -0.4 is 4.90 Å². The molecule has 1 aliphatic carbocycles. The summed E-state index contributed by atoms with van der Waals surface area (Å²) in [5.74, 6) is 0.400. The lowest BCUT2D eigenvalue weighted by molar-refractivity contribution is -0.384. The summed E-state index contributed by atoms with van der Waals surface area (Å²) in [6.07, 6.45) is 2.16. The van der Waals surface area contributed by atoms with Crippen molar-refractivity contribution in [1.29, 1.82) is 0 Å². The highest BCUT2D eigenvalue weighted by atomic mass is 127. The van der Waals surface area contributed by atoms with Gasteiger partial charge in [0.05, 0.1) is 4.92 Å². The average Bonchev–Trinajstić information content (AvgIpc) is 3.09. The second kappa shape index (κ2) is 4.06. The first-order chi connectivity index (χ1) is 8.49. The van der Waals surface area contributed by atoms with Crippen molar-refractivity contribution < 1.29 is 10.0 Å². The third kappa shape index (κ3) is 1.97. The van der Waals surface area contributed by atoms with E-state index in [1.54, 1.807) is 12.1 Å². The van der Waals surface area contributed by atoms with Crippen molar-refractivity contribution in [1.82, 2.24) is 0 Å².